The van der Waals surface area contributed by atoms with Crippen LogP contribution in [0.3, 0.4) is 0 Å². The molecule has 0 aliphatic carbocycles. The van der Waals surface area contributed by atoms with Gasteiger partial charge in [-0.1, -0.05) is 26.0 Å². The number of pyridine rings is 1. The van der Waals surface area contributed by atoms with Crippen LogP contribution in [0.1, 0.15) is 24.2 Å². The zero-order valence-corrected chi connectivity index (χ0v) is 11.4. The van der Waals surface area contributed by atoms with Crippen molar-refractivity contribution in [2.45, 2.75) is 18.7 Å². The Morgan fingerprint density at radius 2 is 2.22 bits per heavy atom. The van der Waals surface area contributed by atoms with Crippen LogP contribution in [-0.4, -0.2) is 17.4 Å². The van der Waals surface area contributed by atoms with Crippen molar-refractivity contribution >= 4 is 29.4 Å². The first-order chi connectivity index (χ1) is 8.58. The number of nitrogens with zero attached hydrogens (tertiary/aromatic N) is 1. The monoisotopic (exact) mass is 260 g/mol. The lowest BCUT2D eigenvalue weighted by molar-refractivity contribution is 0.0949. The summed E-state index contributed by atoms with van der Waals surface area (Å²) in [6.07, 6.45) is 1.59. The summed E-state index contributed by atoms with van der Waals surface area (Å²) < 4.78 is 0. The van der Waals surface area contributed by atoms with Gasteiger partial charge in [-0.3, -0.25) is 9.78 Å². The Morgan fingerprint density at radius 1 is 1.44 bits per heavy atom. The average molecular weight is 260 g/mol. The minimum Gasteiger partial charge on any atom is -0.352 e. The molecule has 1 aromatic carbocycles. The van der Waals surface area contributed by atoms with Gasteiger partial charge >= 0.3 is 0 Å². The topological polar surface area (TPSA) is 42.0 Å². The molecule has 3 nitrogen and oxygen atoms in total. The molecule has 0 saturated heterocycles. The summed E-state index contributed by atoms with van der Waals surface area (Å²) in [6.45, 7) is 4.79. The molecule has 1 amide bonds. The van der Waals surface area contributed by atoms with Crippen molar-refractivity contribution in [3.05, 3.63) is 36.0 Å². The van der Waals surface area contributed by atoms with Gasteiger partial charge in [-0.05, 0) is 18.1 Å². The number of benzene rings is 1. The highest BCUT2D eigenvalue weighted by Gasteiger charge is 2.08. The van der Waals surface area contributed by atoms with Gasteiger partial charge in [-0.25, -0.2) is 0 Å². The molecule has 94 valence electrons. The molecule has 0 aliphatic heterocycles. The number of rotatable bonds is 3. The molecule has 1 heterocycles. The first-order valence-electron chi connectivity index (χ1n) is 5.94. The summed E-state index contributed by atoms with van der Waals surface area (Å²) in [5.74, 6) is 0.356. The van der Waals surface area contributed by atoms with Gasteiger partial charge in [-0.15, -0.1) is 12.6 Å². The lowest BCUT2D eigenvalue weighted by Gasteiger charge is -2.08. The van der Waals surface area contributed by atoms with Crippen LogP contribution in [0.25, 0.3) is 10.9 Å². The van der Waals surface area contributed by atoms with Crippen molar-refractivity contribution in [1.29, 1.82) is 0 Å². The molecule has 4 heteroatoms. The van der Waals surface area contributed by atoms with Gasteiger partial charge < -0.3 is 5.32 Å². The van der Waals surface area contributed by atoms with E-state index in [-0.39, 0.29) is 5.91 Å². The molecule has 0 radical (unpaired) electrons. The third-order valence-electron chi connectivity index (χ3n) is 2.62. The number of thiol groups is 1. The number of hydrogen-bond donors (Lipinski definition) is 2. The average Bonchev–Trinajstić information content (AvgIpc) is 2.35. The van der Waals surface area contributed by atoms with Gasteiger partial charge in [0.1, 0.15) is 0 Å². The summed E-state index contributed by atoms with van der Waals surface area (Å²) >= 11 is 4.34. The second-order valence-electron chi connectivity index (χ2n) is 4.68. The zero-order valence-electron chi connectivity index (χ0n) is 10.5. The van der Waals surface area contributed by atoms with Gasteiger partial charge in [0, 0.05) is 23.0 Å². The maximum atomic E-state index is 11.9. The Kier molecular flexibility index (Phi) is 3.87. The van der Waals surface area contributed by atoms with E-state index in [1.54, 1.807) is 6.20 Å². The van der Waals surface area contributed by atoms with Gasteiger partial charge in [0.2, 0.25) is 0 Å². The first kappa shape index (κ1) is 12.9. The maximum Gasteiger partial charge on any atom is 0.252 e. The van der Waals surface area contributed by atoms with E-state index in [2.05, 4.69) is 36.8 Å². The van der Waals surface area contributed by atoms with Crippen molar-refractivity contribution < 1.29 is 4.79 Å². The van der Waals surface area contributed by atoms with Crippen LogP contribution < -0.4 is 5.32 Å². The van der Waals surface area contributed by atoms with E-state index in [1.165, 1.54) is 0 Å². The smallest absolute Gasteiger partial charge is 0.252 e. The molecule has 2 aromatic rings. The lowest BCUT2D eigenvalue weighted by atomic mass is 10.1. The van der Waals surface area contributed by atoms with E-state index in [1.807, 2.05) is 24.3 Å². The van der Waals surface area contributed by atoms with Crippen molar-refractivity contribution in [3.63, 3.8) is 0 Å². The standard InChI is InChI=1S/C14H16N2OS/c1-9(2)7-16-14(17)11-6-10-4-3-5-12(18)13(10)15-8-11/h3-6,8-9,18H,7H2,1-2H3,(H,16,17). The van der Waals surface area contributed by atoms with Crippen molar-refractivity contribution in [3.8, 4) is 0 Å². The highest BCUT2D eigenvalue weighted by Crippen LogP contribution is 2.20. The molecule has 0 spiro atoms. The quantitative estimate of drug-likeness (QED) is 0.833. The Morgan fingerprint density at radius 3 is 2.94 bits per heavy atom. The van der Waals surface area contributed by atoms with Crippen LogP contribution in [0.4, 0.5) is 0 Å². The maximum absolute atomic E-state index is 11.9. The Labute approximate surface area is 112 Å². The molecule has 1 aromatic heterocycles. The van der Waals surface area contributed by atoms with E-state index >= 15 is 0 Å². The number of aromatic nitrogens is 1. The van der Waals surface area contributed by atoms with E-state index in [9.17, 15) is 4.79 Å². The predicted octanol–water partition coefficient (Wildman–Crippen LogP) is 2.91. The zero-order chi connectivity index (χ0) is 13.1. The first-order valence-corrected chi connectivity index (χ1v) is 6.38. The molecule has 18 heavy (non-hydrogen) atoms. The third kappa shape index (κ3) is 2.82. The minimum absolute atomic E-state index is 0.0809. The Balaban J connectivity index is 2.27. The second-order valence-corrected chi connectivity index (χ2v) is 5.16. The van der Waals surface area contributed by atoms with E-state index in [0.29, 0.717) is 18.0 Å². The van der Waals surface area contributed by atoms with Crippen molar-refractivity contribution in [2.75, 3.05) is 6.54 Å². The number of carbonyl (C=O) groups is 1. The molecular weight excluding hydrogens is 244 g/mol. The number of carbonyl (C=O) groups excluding carboxylic acids is 1. The summed E-state index contributed by atoms with van der Waals surface area (Å²) in [4.78, 5) is 17.0. The molecule has 2 rings (SSSR count). The van der Waals surface area contributed by atoms with Crippen LogP contribution in [0.2, 0.25) is 0 Å². The van der Waals surface area contributed by atoms with Gasteiger partial charge in [0.25, 0.3) is 5.91 Å². The fraction of sp³-hybridized carbons (Fsp3) is 0.286. The molecule has 0 fully saturated rings. The molecule has 0 unspecified atom stereocenters. The van der Waals surface area contributed by atoms with Crippen LogP contribution in [0, 0.1) is 5.92 Å². The second kappa shape index (κ2) is 5.40. The molecule has 1 N–H and O–H groups in total. The fourth-order valence-corrected chi connectivity index (χ4v) is 1.94. The van der Waals surface area contributed by atoms with Crippen LogP contribution in [0.5, 0.6) is 0 Å². The van der Waals surface area contributed by atoms with E-state index in [0.717, 1.165) is 15.8 Å². The number of fused-ring (bicyclic) bond motifs is 1. The van der Waals surface area contributed by atoms with Gasteiger partial charge in [-0.2, -0.15) is 0 Å². The number of hydrogen-bond acceptors (Lipinski definition) is 3. The van der Waals surface area contributed by atoms with Crippen molar-refractivity contribution in [2.24, 2.45) is 5.92 Å². The van der Waals surface area contributed by atoms with E-state index < -0.39 is 0 Å². The molecule has 0 bridgehead atoms. The predicted molar refractivity (Wildman–Crippen MR) is 76.2 cm³/mol. The van der Waals surface area contributed by atoms with Crippen LogP contribution in [0.15, 0.2) is 35.4 Å². The molecule has 0 saturated carbocycles. The van der Waals surface area contributed by atoms with Gasteiger partial charge in [0.15, 0.2) is 0 Å². The molecule has 0 atom stereocenters. The molecular formula is C14H16N2OS. The summed E-state index contributed by atoms with van der Waals surface area (Å²) in [6, 6.07) is 7.57. The SMILES string of the molecule is CC(C)CNC(=O)c1cnc2c(S)cccc2c1. The number of amides is 1. The summed E-state index contributed by atoms with van der Waals surface area (Å²) in [5, 5.41) is 3.81. The highest BCUT2D eigenvalue weighted by atomic mass is 32.1. The fourth-order valence-electron chi connectivity index (χ4n) is 1.67. The van der Waals surface area contributed by atoms with Crippen LogP contribution >= 0.6 is 12.6 Å². The Hall–Kier alpha value is -1.55. The number of para-hydroxylation sites is 1. The highest BCUT2D eigenvalue weighted by molar-refractivity contribution is 7.80. The number of nitrogens with one attached hydrogen (secondary N) is 1. The normalized spacial score (nSPS) is 10.9. The molecule has 0 aliphatic rings. The minimum atomic E-state index is -0.0809. The van der Waals surface area contributed by atoms with Crippen molar-refractivity contribution in [1.82, 2.24) is 10.3 Å². The van der Waals surface area contributed by atoms with E-state index in [4.69, 9.17) is 0 Å². The third-order valence-corrected chi connectivity index (χ3v) is 2.98. The summed E-state index contributed by atoms with van der Waals surface area (Å²) in [5.41, 5.74) is 1.41. The summed E-state index contributed by atoms with van der Waals surface area (Å²) in [7, 11) is 0. The largest absolute Gasteiger partial charge is 0.352 e. The van der Waals surface area contributed by atoms with Crippen LogP contribution in [-0.2, 0) is 0 Å². The Bertz CT molecular complexity index is 581. The lowest BCUT2D eigenvalue weighted by Crippen LogP contribution is -2.27. The van der Waals surface area contributed by atoms with Gasteiger partial charge in [0.05, 0.1) is 11.1 Å².